The molecule has 2 atom stereocenters. The van der Waals surface area contributed by atoms with E-state index in [0.29, 0.717) is 6.04 Å². The van der Waals surface area contributed by atoms with E-state index in [4.69, 9.17) is 10.5 Å². The molecule has 2 N–H and O–H groups in total. The van der Waals surface area contributed by atoms with E-state index in [2.05, 4.69) is 36.9 Å². The van der Waals surface area contributed by atoms with Crippen LogP contribution < -0.4 is 10.5 Å². The highest BCUT2D eigenvalue weighted by Gasteiger charge is 2.39. The molecule has 1 aliphatic carbocycles. The predicted molar refractivity (Wildman–Crippen MR) is 81.9 cm³/mol. The smallest absolute Gasteiger partial charge is 0.120 e. The molecule has 1 aromatic rings. The Bertz CT molecular complexity index is 456. The number of nitrogens with zero attached hydrogens (tertiary/aromatic N) is 1. The number of benzene rings is 1. The molecule has 110 valence electrons. The lowest BCUT2D eigenvalue weighted by molar-refractivity contribution is 0.119. The van der Waals surface area contributed by atoms with Gasteiger partial charge in [0.05, 0.1) is 12.1 Å². The third kappa shape index (κ3) is 2.99. The number of ether oxygens (including phenoxy) is 1. The predicted octanol–water partition coefficient (Wildman–Crippen LogP) is 3.10. The van der Waals surface area contributed by atoms with E-state index in [-0.39, 0.29) is 12.1 Å². The zero-order valence-electron chi connectivity index (χ0n) is 12.6. The molecule has 3 rings (SSSR count). The highest BCUT2D eigenvalue weighted by Crippen LogP contribution is 2.39. The Balaban J connectivity index is 1.84. The summed E-state index contributed by atoms with van der Waals surface area (Å²) in [6.45, 7) is 5.32. The van der Waals surface area contributed by atoms with E-state index in [1.54, 1.807) is 0 Å². The molecule has 3 nitrogen and oxygen atoms in total. The molecular formula is C17H26N2O. The summed E-state index contributed by atoms with van der Waals surface area (Å²) >= 11 is 0. The van der Waals surface area contributed by atoms with E-state index in [1.807, 2.05) is 6.07 Å². The Hall–Kier alpha value is -1.06. The summed E-state index contributed by atoms with van der Waals surface area (Å²) in [5.41, 5.74) is 7.76. The summed E-state index contributed by atoms with van der Waals surface area (Å²) in [6, 6.07) is 9.91. The van der Waals surface area contributed by atoms with E-state index in [0.717, 1.165) is 18.2 Å². The molecule has 1 saturated carbocycles. The number of piperidine rings is 1. The van der Waals surface area contributed by atoms with Crippen molar-refractivity contribution in [3.63, 3.8) is 0 Å². The molecule has 3 heteroatoms. The molecule has 1 heterocycles. The molecule has 1 saturated heterocycles. The highest BCUT2D eigenvalue weighted by molar-refractivity contribution is 5.32. The first kappa shape index (κ1) is 13.9. The normalized spacial score (nSPS) is 27.8. The summed E-state index contributed by atoms with van der Waals surface area (Å²) in [5.74, 6) is 0.964. The van der Waals surface area contributed by atoms with Gasteiger partial charge in [0.25, 0.3) is 0 Å². The highest BCUT2D eigenvalue weighted by atomic mass is 16.5. The molecule has 20 heavy (non-hydrogen) atoms. The van der Waals surface area contributed by atoms with Crippen LogP contribution in [-0.2, 0) is 0 Å². The van der Waals surface area contributed by atoms with Gasteiger partial charge in [0, 0.05) is 12.1 Å². The molecule has 0 aromatic heterocycles. The standard InChI is InChI=1S/C17H26N2O/c1-12(2)20-15-6-3-5-13(11-15)17-16(18)7-4-10-19(17)14-8-9-14/h3,5-6,11-12,14,16-17H,4,7-10,18H2,1-2H3. The van der Waals surface area contributed by atoms with Crippen molar-refractivity contribution in [2.75, 3.05) is 6.54 Å². The lowest BCUT2D eigenvalue weighted by Gasteiger charge is -2.40. The molecular weight excluding hydrogens is 248 g/mol. The summed E-state index contributed by atoms with van der Waals surface area (Å²) < 4.78 is 5.83. The maximum Gasteiger partial charge on any atom is 0.120 e. The van der Waals surface area contributed by atoms with Gasteiger partial charge in [0.2, 0.25) is 0 Å². The SMILES string of the molecule is CC(C)Oc1cccc(C2C(N)CCCN2C2CC2)c1. The van der Waals surface area contributed by atoms with E-state index >= 15 is 0 Å². The van der Waals surface area contributed by atoms with Gasteiger partial charge in [-0.05, 0) is 63.8 Å². The Morgan fingerprint density at radius 2 is 2.05 bits per heavy atom. The van der Waals surface area contributed by atoms with Crippen LogP contribution in [0.3, 0.4) is 0 Å². The first-order chi connectivity index (χ1) is 9.65. The first-order valence-corrected chi connectivity index (χ1v) is 7.93. The summed E-state index contributed by atoms with van der Waals surface area (Å²) in [6.07, 6.45) is 5.25. The second-order valence-electron chi connectivity index (χ2n) is 6.46. The van der Waals surface area contributed by atoms with Gasteiger partial charge >= 0.3 is 0 Å². The minimum Gasteiger partial charge on any atom is -0.491 e. The van der Waals surface area contributed by atoms with Gasteiger partial charge in [-0.1, -0.05) is 12.1 Å². The van der Waals surface area contributed by atoms with Crippen molar-refractivity contribution in [3.8, 4) is 5.75 Å². The van der Waals surface area contributed by atoms with Gasteiger partial charge in [-0.3, -0.25) is 4.90 Å². The molecule has 0 radical (unpaired) electrons. The minimum atomic E-state index is 0.213. The molecule has 2 aliphatic rings. The lowest BCUT2D eigenvalue weighted by atomic mass is 9.90. The molecule has 0 amide bonds. The van der Waals surface area contributed by atoms with Crippen LogP contribution in [0.15, 0.2) is 24.3 Å². The molecule has 0 spiro atoms. The van der Waals surface area contributed by atoms with E-state index in [1.165, 1.54) is 31.4 Å². The Labute approximate surface area is 122 Å². The fraction of sp³-hybridized carbons (Fsp3) is 0.647. The third-order valence-electron chi connectivity index (χ3n) is 4.30. The third-order valence-corrected chi connectivity index (χ3v) is 4.30. The molecule has 1 aliphatic heterocycles. The quantitative estimate of drug-likeness (QED) is 0.917. The van der Waals surface area contributed by atoms with Crippen LogP contribution >= 0.6 is 0 Å². The lowest BCUT2D eigenvalue weighted by Crippen LogP contribution is -2.46. The van der Waals surface area contributed by atoms with E-state index in [9.17, 15) is 0 Å². The average molecular weight is 274 g/mol. The number of nitrogens with two attached hydrogens (primary N) is 1. The van der Waals surface area contributed by atoms with Crippen LogP contribution in [0.2, 0.25) is 0 Å². The second kappa shape index (κ2) is 5.74. The monoisotopic (exact) mass is 274 g/mol. The molecule has 2 fully saturated rings. The number of rotatable bonds is 4. The van der Waals surface area contributed by atoms with Crippen molar-refractivity contribution < 1.29 is 4.74 Å². The largest absolute Gasteiger partial charge is 0.491 e. The minimum absolute atomic E-state index is 0.213. The van der Waals surface area contributed by atoms with Crippen LogP contribution in [-0.4, -0.2) is 29.6 Å². The maximum atomic E-state index is 6.44. The number of likely N-dealkylation sites (tertiary alicyclic amines) is 1. The van der Waals surface area contributed by atoms with Gasteiger partial charge in [0.15, 0.2) is 0 Å². The van der Waals surface area contributed by atoms with Crippen molar-refractivity contribution in [1.29, 1.82) is 0 Å². The van der Waals surface area contributed by atoms with Crippen molar-refractivity contribution >= 4 is 0 Å². The van der Waals surface area contributed by atoms with Gasteiger partial charge in [-0.15, -0.1) is 0 Å². The van der Waals surface area contributed by atoms with Crippen LogP contribution in [0.25, 0.3) is 0 Å². The topological polar surface area (TPSA) is 38.5 Å². The Kier molecular flexibility index (Phi) is 3.99. The fourth-order valence-electron chi connectivity index (χ4n) is 3.35. The van der Waals surface area contributed by atoms with Crippen LogP contribution in [0.1, 0.15) is 51.1 Å². The zero-order chi connectivity index (χ0) is 14.1. The van der Waals surface area contributed by atoms with Crippen molar-refractivity contribution in [2.45, 2.75) is 63.8 Å². The first-order valence-electron chi connectivity index (χ1n) is 7.93. The van der Waals surface area contributed by atoms with Gasteiger partial charge < -0.3 is 10.5 Å². The number of hydrogen-bond acceptors (Lipinski definition) is 3. The summed E-state index contributed by atoms with van der Waals surface area (Å²) in [5, 5.41) is 0. The van der Waals surface area contributed by atoms with Gasteiger partial charge in [-0.2, -0.15) is 0 Å². The molecule has 2 unspecified atom stereocenters. The second-order valence-corrected chi connectivity index (χ2v) is 6.46. The van der Waals surface area contributed by atoms with Gasteiger partial charge in [-0.25, -0.2) is 0 Å². The molecule has 0 bridgehead atoms. The summed E-state index contributed by atoms with van der Waals surface area (Å²) in [7, 11) is 0. The van der Waals surface area contributed by atoms with Crippen molar-refractivity contribution in [2.24, 2.45) is 5.73 Å². The maximum absolute atomic E-state index is 6.44. The fourth-order valence-corrected chi connectivity index (χ4v) is 3.35. The van der Waals surface area contributed by atoms with Crippen LogP contribution in [0.5, 0.6) is 5.75 Å². The van der Waals surface area contributed by atoms with Gasteiger partial charge in [0.1, 0.15) is 5.75 Å². The zero-order valence-corrected chi connectivity index (χ0v) is 12.6. The van der Waals surface area contributed by atoms with Crippen LogP contribution in [0, 0.1) is 0 Å². The van der Waals surface area contributed by atoms with E-state index < -0.39 is 0 Å². The Morgan fingerprint density at radius 1 is 1.25 bits per heavy atom. The Morgan fingerprint density at radius 3 is 2.75 bits per heavy atom. The number of hydrogen-bond donors (Lipinski definition) is 1. The van der Waals surface area contributed by atoms with Crippen LogP contribution in [0.4, 0.5) is 0 Å². The summed E-state index contributed by atoms with van der Waals surface area (Å²) in [4.78, 5) is 2.63. The van der Waals surface area contributed by atoms with Crippen molar-refractivity contribution in [1.82, 2.24) is 4.90 Å². The average Bonchev–Trinajstić information content (AvgIpc) is 3.22. The van der Waals surface area contributed by atoms with Crippen molar-refractivity contribution in [3.05, 3.63) is 29.8 Å². The molecule has 1 aromatic carbocycles.